The molecule has 3 heterocycles. The minimum atomic E-state index is -3.98. The molecule has 4 aromatic rings. The molecule has 0 saturated carbocycles. The van der Waals surface area contributed by atoms with Crippen molar-refractivity contribution in [1.82, 2.24) is 8.87 Å². The second-order valence-corrected chi connectivity index (χ2v) is 9.10. The van der Waals surface area contributed by atoms with Gasteiger partial charge in [0.25, 0.3) is 0 Å². The van der Waals surface area contributed by atoms with Crippen LogP contribution in [-0.4, -0.2) is 37.4 Å². The SMILES string of the molecule is CN1CC=C(c2cn(S(=O)(=O)c3cc4ccccc4o3)c3ccc(F)cc23)CC1. The number of likely N-dealkylation sites (N-methyl/N-ethyl adjacent to an activating group) is 1. The molecule has 0 bridgehead atoms. The molecule has 1 aliphatic rings. The van der Waals surface area contributed by atoms with E-state index in [4.69, 9.17) is 4.42 Å². The Labute approximate surface area is 167 Å². The lowest BCUT2D eigenvalue weighted by molar-refractivity contribution is 0.370. The molecule has 0 aliphatic carbocycles. The van der Waals surface area contributed by atoms with Gasteiger partial charge in [0.15, 0.2) is 0 Å². The first-order chi connectivity index (χ1) is 13.9. The van der Waals surface area contributed by atoms with Crippen molar-refractivity contribution in [3.8, 4) is 0 Å². The highest BCUT2D eigenvalue weighted by Gasteiger charge is 2.26. The third-order valence-electron chi connectivity index (χ3n) is 5.41. The van der Waals surface area contributed by atoms with Crippen LogP contribution in [0.25, 0.3) is 27.4 Å². The summed E-state index contributed by atoms with van der Waals surface area (Å²) in [5.41, 5.74) is 2.71. The Hall–Kier alpha value is -2.90. The van der Waals surface area contributed by atoms with E-state index in [2.05, 4.69) is 11.0 Å². The van der Waals surface area contributed by atoms with E-state index in [9.17, 15) is 12.8 Å². The van der Waals surface area contributed by atoms with Crippen molar-refractivity contribution < 1.29 is 17.2 Å². The van der Waals surface area contributed by atoms with E-state index in [0.29, 0.717) is 21.9 Å². The minimum Gasteiger partial charge on any atom is -0.443 e. The maximum atomic E-state index is 14.0. The number of fused-ring (bicyclic) bond motifs is 2. The van der Waals surface area contributed by atoms with Gasteiger partial charge in [0, 0.05) is 41.7 Å². The van der Waals surface area contributed by atoms with Crippen molar-refractivity contribution >= 4 is 37.5 Å². The summed E-state index contributed by atoms with van der Waals surface area (Å²) in [7, 11) is -1.95. The van der Waals surface area contributed by atoms with E-state index < -0.39 is 15.8 Å². The lowest BCUT2D eigenvalue weighted by Crippen LogP contribution is -2.23. The maximum absolute atomic E-state index is 14.0. The van der Waals surface area contributed by atoms with E-state index in [1.54, 1.807) is 24.4 Å². The largest absolute Gasteiger partial charge is 0.443 e. The average Bonchev–Trinajstić information content (AvgIpc) is 3.31. The Morgan fingerprint density at radius 1 is 1.10 bits per heavy atom. The summed E-state index contributed by atoms with van der Waals surface area (Å²) in [4.78, 5) is 2.18. The van der Waals surface area contributed by atoms with E-state index in [1.165, 1.54) is 28.2 Å². The van der Waals surface area contributed by atoms with Crippen LogP contribution in [0, 0.1) is 5.82 Å². The summed E-state index contributed by atoms with van der Waals surface area (Å²) in [6, 6.07) is 12.8. The van der Waals surface area contributed by atoms with Crippen LogP contribution in [0.15, 0.2) is 70.3 Å². The Morgan fingerprint density at radius 2 is 1.93 bits per heavy atom. The van der Waals surface area contributed by atoms with Crippen molar-refractivity contribution in [3.05, 3.63) is 72.2 Å². The lowest BCUT2D eigenvalue weighted by atomic mass is 9.99. The molecule has 0 saturated heterocycles. The number of furan rings is 1. The maximum Gasteiger partial charge on any atom is 0.301 e. The van der Waals surface area contributed by atoms with Gasteiger partial charge in [0.1, 0.15) is 11.4 Å². The first-order valence-electron chi connectivity index (χ1n) is 9.36. The molecule has 0 unspecified atom stereocenters. The fraction of sp³-hybridized carbons (Fsp3) is 0.182. The zero-order chi connectivity index (χ0) is 20.2. The summed E-state index contributed by atoms with van der Waals surface area (Å²) in [5, 5.41) is 1.16. The quantitative estimate of drug-likeness (QED) is 0.500. The Morgan fingerprint density at radius 3 is 2.69 bits per heavy atom. The van der Waals surface area contributed by atoms with Gasteiger partial charge in [-0.25, -0.2) is 8.36 Å². The molecular formula is C22H19FN2O3S. The van der Waals surface area contributed by atoms with Crippen LogP contribution in [0.5, 0.6) is 0 Å². The first kappa shape index (κ1) is 18.1. The molecule has 0 atom stereocenters. The van der Waals surface area contributed by atoms with E-state index >= 15 is 0 Å². The van der Waals surface area contributed by atoms with Crippen molar-refractivity contribution in [3.63, 3.8) is 0 Å². The smallest absolute Gasteiger partial charge is 0.301 e. The van der Waals surface area contributed by atoms with E-state index in [-0.39, 0.29) is 5.09 Å². The molecule has 0 fully saturated rings. The Bertz CT molecular complexity index is 1350. The molecule has 2 aromatic carbocycles. The van der Waals surface area contributed by atoms with Gasteiger partial charge in [-0.2, -0.15) is 8.42 Å². The van der Waals surface area contributed by atoms with E-state index in [1.807, 2.05) is 13.1 Å². The minimum absolute atomic E-state index is 0.135. The first-order valence-corrected chi connectivity index (χ1v) is 10.8. The predicted molar refractivity (Wildman–Crippen MR) is 111 cm³/mol. The van der Waals surface area contributed by atoms with E-state index in [0.717, 1.165) is 30.6 Å². The van der Waals surface area contributed by atoms with Gasteiger partial charge in [0.05, 0.1) is 5.52 Å². The molecule has 0 amide bonds. The Kier molecular flexibility index (Phi) is 4.11. The average molecular weight is 410 g/mol. The van der Waals surface area contributed by atoms with Crippen LogP contribution in [-0.2, 0) is 10.0 Å². The highest BCUT2D eigenvalue weighted by molar-refractivity contribution is 7.90. The molecule has 0 spiro atoms. The van der Waals surface area contributed by atoms with Crippen molar-refractivity contribution in [2.24, 2.45) is 0 Å². The van der Waals surface area contributed by atoms with Crippen LogP contribution in [0.4, 0.5) is 4.39 Å². The summed E-state index contributed by atoms with van der Waals surface area (Å²) in [6.45, 7) is 1.64. The number of nitrogens with zero attached hydrogens (tertiary/aromatic N) is 2. The molecular weight excluding hydrogens is 391 g/mol. The van der Waals surface area contributed by atoms with Gasteiger partial charge in [-0.3, -0.25) is 0 Å². The van der Waals surface area contributed by atoms with Gasteiger partial charge < -0.3 is 9.32 Å². The molecule has 5 nitrogen and oxygen atoms in total. The molecule has 0 N–H and O–H groups in total. The molecule has 148 valence electrons. The number of halogens is 1. The number of para-hydroxylation sites is 1. The van der Waals surface area contributed by atoms with Crippen molar-refractivity contribution in [2.45, 2.75) is 11.5 Å². The number of hydrogen-bond acceptors (Lipinski definition) is 4. The van der Waals surface area contributed by atoms with Gasteiger partial charge in [0.2, 0.25) is 5.09 Å². The number of aromatic nitrogens is 1. The zero-order valence-corrected chi connectivity index (χ0v) is 16.6. The summed E-state index contributed by atoms with van der Waals surface area (Å²) in [5.74, 6) is -0.397. The number of hydrogen-bond donors (Lipinski definition) is 0. The van der Waals surface area contributed by atoms with Gasteiger partial charge in [-0.1, -0.05) is 24.3 Å². The summed E-state index contributed by atoms with van der Waals surface area (Å²) >= 11 is 0. The highest BCUT2D eigenvalue weighted by Crippen LogP contribution is 2.34. The third kappa shape index (κ3) is 2.97. The summed E-state index contributed by atoms with van der Waals surface area (Å²) in [6.07, 6.45) is 4.43. The summed E-state index contributed by atoms with van der Waals surface area (Å²) < 4.78 is 47.6. The topological polar surface area (TPSA) is 55.5 Å². The van der Waals surface area contributed by atoms with Crippen molar-refractivity contribution in [2.75, 3.05) is 20.1 Å². The predicted octanol–water partition coefficient (Wildman–Crippen LogP) is 4.48. The molecule has 7 heteroatoms. The third-order valence-corrected chi connectivity index (χ3v) is 6.94. The van der Waals surface area contributed by atoms with Crippen LogP contribution in [0.1, 0.15) is 12.0 Å². The lowest BCUT2D eigenvalue weighted by Gasteiger charge is -2.21. The zero-order valence-electron chi connectivity index (χ0n) is 15.8. The van der Waals surface area contributed by atoms with Crippen LogP contribution < -0.4 is 0 Å². The number of benzene rings is 2. The second-order valence-electron chi connectivity index (χ2n) is 7.35. The fourth-order valence-corrected chi connectivity index (χ4v) is 5.15. The van der Waals surface area contributed by atoms with Gasteiger partial charge in [-0.15, -0.1) is 0 Å². The van der Waals surface area contributed by atoms with Crippen LogP contribution in [0.3, 0.4) is 0 Å². The molecule has 1 aliphatic heterocycles. The molecule has 2 aromatic heterocycles. The molecule has 29 heavy (non-hydrogen) atoms. The highest BCUT2D eigenvalue weighted by atomic mass is 32.2. The van der Waals surface area contributed by atoms with Crippen LogP contribution in [0.2, 0.25) is 0 Å². The van der Waals surface area contributed by atoms with Gasteiger partial charge in [-0.05, 0) is 43.3 Å². The molecule has 5 rings (SSSR count). The fourth-order valence-electron chi connectivity index (χ4n) is 3.82. The molecule has 0 radical (unpaired) electrons. The van der Waals surface area contributed by atoms with Crippen LogP contribution >= 0.6 is 0 Å². The van der Waals surface area contributed by atoms with Crippen molar-refractivity contribution in [1.29, 1.82) is 0 Å². The monoisotopic (exact) mass is 410 g/mol. The number of rotatable bonds is 3. The Balaban J connectivity index is 1.72. The second kappa shape index (κ2) is 6.57. The standard InChI is InChI=1S/C22H19FN2O3S/c1-24-10-8-15(9-11-24)19-14-25(20-7-6-17(23)13-18(19)20)29(26,27)22-12-16-4-2-3-5-21(16)28-22/h2-8,12-14H,9-11H2,1H3. The normalized spacial score (nSPS) is 15.9. The van der Waals surface area contributed by atoms with Gasteiger partial charge >= 0.3 is 10.0 Å².